The van der Waals surface area contributed by atoms with Crippen LogP contribution in [0.25, 0.3) is 11.0 Å². The molecule has 1 aromatic heterocycles. The molecule has 0 aliphatic rings. The molecule has 0 radical (unpaired) electrons. The number of hydrogen-bond donors (Lipinski definition) is 1. The Kier molecular flexibility index (Phi) is 5.14. The second-order valence-electron chi connectivity index (χ2n) is 5.82. The van der Waals surface area contributed by atoms with Crippen LogP contribution in [0.5, 0.6) is 0 Å². The minimum atomic E-state index is -0.999. The van der Waals surface area contributed by atoms with E-state index in [0.29, 0.717) is 36.2 Å². The van der Waals surface area contributed by atoms with Gasteiger partial charge in [0.25, 0.3) is 0 Å². The van der Waals surface area contributed by atoms with Gasteiger partial charge in [0.15, 0.2) is 0 Å². The second kappa shape index (κ2) is 7.49. The Hall–Kier alpha value is -2.66. The predicted octanol–water partition coefficient (Wildman–Crippen LogP) is 4.15. The molecule has 1 heterocycles. The number of methoxy groups -OCH3 is 1. The summed E-state index contributed by atoms with van der Waals surface area (Å²) >= 11 is 0. The highest BCUT2D eigenvalue weighted by atomic mass is 19.1. The topological polar surface area (TPSA) is 59.7 Å². The number of halogens is 1. The van der Waals surface area contributed by atoms with Gasteiger partial charge < -0.3 is 14.3 Å². The Morgan fingerprint density at radius 3 is 2.64 bits per heavy atom. The molecule has 0 aliphatic heterocycles. The van der Waals surface area contributed by atoms with Crippen molar-refractivity contribution in [3.8, 4) is 0 Å². The van der Waals surface area contributed by atoms with Gasteiger partial charge in [-0.1, -0.05) is 30.3 Å². The van der Waals surface area contributed by atoms with Crippen molar-refractivity contribution in [3.63, 3.8) is 0 Å². The van der Waals surface area contributed by atoms with E-state index < -0.39 is 6.10 Å². The molecule has 1 unspecified atom stereocenters. The second-order valence-corrected chi connectivity index (χ2v) is 5.82. The summed E-state index contributed by atoms with van der Waals surface area (Å²) in [5.74, 6) is -0.204. The van der Waals surface area contributed by atoms with Crippen LogP contribution in [0.3, 0.4) is 0 Å². The third-order valence-corrected chi connectivity index (χ3v) is 4.20. The van der Waals surface area contributed by atoms with Crippen molar-refractivity contribution < 1.29 is 23.4 Å². The molecular weight excluding hydrogens is 323 g/mol. The van der Waals surface area contributed by atoms with E-state index in [1.54, 1.807) is 0 Å². The minimum Gasteiger partial charge on any atom is -0.469 e. The van der Waals surface area contributed by atoms with Crippen molar-refractivity contribution in [1.29, 1.82) is 0 Å². The predicted molar refractivity (Wildman–Crippen MR) is 91.6 cm³/mol. The zero-order valence-corrected chi connectivity index (χ0v) is 13.9. The highest BCUT2D eigenvalue weighted by molar-refractivity contribution is 5.82. The number of ether oxygens (including phenoxy) is 1. The quantitative estimate of drug-likeness (QED) is 0.684. The van der Waals surface area contributed by atoms with Crippen LogP contribution in [0.1, 0.15) is 35.8 Å². The highest BCUT2D eigenvalue weighted by Gasteiger charge is 2.22. The number of aliphatic hydroxyl groups is 1. The largest absolute Gasteiger partial charge is 0.469 e. The number of furan rings is 1. The molecule has 130 valence electrons. The minimum absolute atomic E-state index is 0.270. The van der Waals surface area contributed by atoms with Gasteiger partial charge in [-0.15, -0.1) is 0 Å². The average Bonchev–Trinajstić information content (AvgIpc) is 3.00. The molecule has 1 atom stereocenters. The third-order valence-electron chi connectivity index (χ3n) is 4.20. The van der Waals surface area contributed by atoms with Crippen LogP contribution in [-0.2, 0) is 16.0 Å². The van der Waals surface area contributed by atoms with Crippen molar-refractivity contribution >= 4 is 16.9 Å². The number of fused-ring (bicyclic) bond motifs is 1. The summed E-state index contributed by atoms with van der Waals surface area (Å²) in [6, 6.07) is 13.2. The standard InChI is InChI=1S/C20H19FO4/c1-24-18(22)8-4-6-16-15-5-2-3-7-17(15)25-20(16)19(23)13-9-11-14(21)12-10-13/h2-3,5,7,9-12,19,23H,4,6,8H2,1H3. The number of aliphatic hydroxyl groups excluding tert-OH is 1. The number of rotatable bonds is 6. The van der Waals surface area contributed by atoms with Gasteiger partial charge in [0.1, 0.15) is 23.3 Å². The molecule has 2 aromatic carbocycles. The first-order valence-electron chi connectivity index (χ1n) is 8.11. The molecular formula is C20H19FO4. The molecule has 0 bridgehead atoms. The molecule has 1 N–H and O–H groups in total. The summed E-state index contributed by atoms with van der Waals surface area (Å²) < 4.78 is 23.7. The lowest BCUT2D eigenvalue weighted by Crippen LogP contribution is -2.04. The van der Waals surface area contributed by atoms with E-state index in [1.807, 2.05) is 24.3 Å². The van der Waals surface area contributed by atoms with E-state index in [9.17, 15) is 14.3 Å². The number of hydrogen-bond acceptors (Lipinski definition) is 4. The molecule has 0 fully saturated rings. The third kappa shape index (κ3) is 3.72. The van der Waals surface area contributed by atoms with E-state index >= 15 is 0 Å². The van der Waals surface area contributed by atoms with Crippen LogP contribution in [0, 0.1) is 5.82 Å². The van der Waals surface area contributed by atoms with Crippen LogP contribution in [-0.4, -0.2) is 18.2 Å². The molecule has 0 saturated carbocycles. The molecule has 0 spiro atoms. The van der Waals surface area contributed by atoms with Crippen LogP contribution in [0.2, 0.25) is 0 Å². The SMILES string of the molecule is COC(=O)CCCc1c(C(O)c2ccc(F)cc2)oc2ccccc12. The summed E-state index contributed by atoms with van der Waals surface area (Å²) in [5, 5.41) is 11.6. The first kappa shape index (κ1) is 17.2. The number of carbonyl (C=O) groups excluding carboxylic acids is 1. The first-order valence-corrected chi connectivity index (χ1v) is 8.11. The smallest absolute Gasteiger partial charge is 0.305 e. The van der Waals surface area contributed by atoms with Crippen molar-refractivity contribution in [3.05, 3.63) is 71.2 Å². The van der Waals surface area contributed by atoms with Crippen molar-refractivity contribution in [2.24, 2.45) is 0 Å². The number of para-hydroxylation sites is 1. The van der Waals surface area contributed by atoms with Gasteiger partial charge in [-0.2, -0.15) is 0 Å². The summed E-state index contributed by atoms with van der Waals surface area (Å²) in [5.41, 5.74) is 2.08. The Bertz CT molecular complexity index is 867. The lowest BCUT2D eigenvalue weighted by atomic mass is 9.98. The molecule has 5 heteroatoms. The van der Waals surface area contributed by atoms with Gasteiger partial charge in [-0.3, -0.25) is 4.79 Å². The first-order chi connectivity index (χ1) is 12.1. The highest BCUT2D eigenvalue weighted by Crippen LogP contribution is 2.34. The van der Waals surface area contributed by atoms with Crippen LogP contribution in [0.4, 0.5) is 4.39 Å². The van der Waals surface area contributed by atoms with E-state index in [1.165, 1.54) is 31.4 Å². The summed E-state index contributed by atoms with van der Waals surface area (Å²) in [6.45, 7) is 0. The molecule has 3 aromatic rings. The van der Waals surface area contributed by atoms with Crippen molar-refractivity contribution in [2.45, 2.75) is 25.4 Å². The molecule has 0 amide bonds. The fourth-order valence-corrected chi connectivity index (χ4v) is 2.90. The van der Waals surface area contributed by atoms with Crippen LogP contribution < -0.4 is 0 Å². The van der Waals surface area contributed by atoms with Crippen LogP contribution >= 0.6 is 0 Å². The average molecular weight is 342 g/mol. The normalized spacial score (nSPS) is 12.3. The summed E-state index contributed by atoms with van der Waals surface area (Å²) in [7, 11) is 1.36. The zero-order valence-electron chi connectivity index (χ0n) is 13.9. The van der Waals surface area contributed by atoms with Gasteiger partial charge in [0.2, 0.25) is 0 Å². The van der Waals surface area contributed by atoms with Crippen molar-refractivity contribution in [2.75, 3.05) is 7.11 Å². The van der Waals surface area contributed by atoms with Gasteiger partial charge in [0.05, 0.1) is 7.11 Å². The maximum atomic E-state index is 13.1. The van der Waals surface area contributed by atoms with E-state index in [0.717, 1.165) is 10.9 Å². The fraction of sp³-hybridized carbons (Fsp3) is 0.250. The molecule has 25 heavy (non-hydrogen) atoms. The monoisotopic (exact) mass is 342 g/mol. The van der Waals surface area contributed by atoms with E-state index in [4.69, 9.17) is 4.42 Å². The van der Waals surface area contributed by atoms with E-state index in [-0.39, 0.29) is 11.8 Å². The Morgan fingerprint density at radius 1 is 1.20 bits per heavy atom. The van der Waals surface area contributed by atoms with Gasteiger partial charge in [0, 0.05) is 17.4 Å². The maximum absolute atomic E-state index is 13.1. The fourth-order valence-electron chi connectivity index (χ4n) is 2.90. The Labute approximate surface area is 144 Å². The summed E-state index contributed by atoms with van der Waals surface area (Å²) in [4.78, 5) is 11.3. The molecule has 0 aliphatic carbocycles. The zero-order chi connectivity index (χ0) is 17.8. The lowest BCUT2D eigenvalue weighted by molar-refractivity contribution is -0.140. The van der Waals surface area contributed by atoms with Gasteiger partial charge in [-0.05, 0) is 36.6 Å². The van der Waals surface area contributed by atoms with Crippen LogP contribution in [0.15, 0.2) is 52.9 Å². The number of carbonyl (C=O) groups is 1. The van der Waals surface area contributed by atoms with Crippen molar-refractivity contribution in [1.82, 2.24) is 0 Å². The number of benzene rings is 2. The number of aryl methyl sites for hydroxylation is 1. The Balaban J connectivity index is 1.94. The maximum Gasteiger partial charge on any atom is 0.305 e. The van der Waals surface area contributed by atoms with Gasteiger partial charge in [-0.25, -0.2) is 4.39 Å². The van der Waals surface area contributed by atoms with E-state index in [2.05, 4.69) is 4.74 Å². The lowest BCUT2D eigenvalue weighted by Gasteiger charge is -2.11. The molecule has 4 nitrogen and oxygen atoms in total. The summed E-state index contributed by atoms with van der Waals surface area (Å²) in [6.07, 6.45) is 0.447. The number of esters is 1. The molecule has 0 saturated heterocycles. The Morgan fingerprint density at radius 2 is 1.92 bits per heavy atom. The molecule has 3 rings (SSSR count). The van der Waals surface area contributed by atoms with Gasteiger partial charge >= 0.3 is 5.97 Å².